The highest BCUT2D eigenvalue weighted by atomic mass is 35.5. The van der Waals surface area contributed by atoms with Gasteiger partial charge in [0.25, 0.3) is 0 Å². The Kier molecular flexibility index (Phi) is 5.67. The van der Waals surface area contributed by atoms with Crippen molar-refractivity contribution in [1.29, 1.82) is 0 Å². The predicted octanol–water partition coefficient (Wildman–Crippen LogP) is 5.10. The summed E-state index contributed by atoms with van der Waals surface area (Å²) in [5.41, 5.74) is 4.30. The van der Waals surface area contributed by atoms with Gasteiger partial charge in [-0.1, -0.05) is 56.6 Å². The van der Waals surface area contributed by atoms with Crippen molar-refractivity contribution >= 4 is 23.0 Å². The van der Waals surface area contributed by atoms with Gasteiger partial charge < -0.3 is 0 Å². The van der Waals surface area contributed by atoms with Gasteiger partial charge in [0, 0.05) is 11.6 Å². The third-order valence-corrected chi connectivity index (χ3v) is 4.04. The van der Waals surface area contributed by atoms with Gasteiger partial charge in [0.05, 0.1) is 0 Å². The SMILES string of the molecule is C/C=C(/C(=O)c1cc(Cl)ncn1)c1cc(CC)ccc1C(C)C. The number of carbonyl (C=O) groups excluding carboxylic acids is 1. The number of benzene rings is 1. The van der Waals surface area contributed by atoms with Crippen molar-refractivity contribution in [2.75, 3.05) is 0 Å². The molecule has 0 saturated heterocycles. The summed E-state index contributed by atoms with van der Waals surface area (Å²) in [6.07, 6.45) is 4.09. The van der Waals surface area contributed by atoms with Gasteiger partial charge in [0.2, 0.25) is 5.78 Å². The minimum absolute atomic E-state index is 0.132. The molecule has 4 heteroatoms. The Morgan fingerprint density at radius 1 is 1.26 bits per heavy atom. The molecule has 3 nitrogen and oxygen atoms in total. The Morgan fingerprint density at radius 2 is 2.00 bits per heavy atom. The van der Waals surface area contributed by atoms with Crippen LogP contribution in [0.5, 0.6) is 0 Å². The monoisotopic (exact) mass is 328 g/mol. The van der Waals surface area contributed by atoms with E-state index < -0.39 is 0 Å². The van der Waals surface area contributed by atoms with Crippen molar-refractivity contribution < 1.29 is 4.79 Å². The smallest absolute Gasteiger partial charge is 0.211 e. The lowest BCUT2D eigenvalue weighted by Gasteiger charge is -2.16. The number of hydrogen-bond donors (Lipinski definition) is 0. The largest absolute Gasteiger partial charge is 0.287 e. The molecule has 0 fully saturated rings. The minimum atomic E-state index is -0.132. The molecule has 120 valence electrons. The van der Waals surface area contributed by atoms with Gasteiger partial charge in [-0.3, -0.25) is 4.79 Å². The summed E-state index contributed by atoms with van der Waals surface area (Å²) in [5, 5.41) is 0.269. The van der Waals surface area contributed by atoms with Crippen LogP contribution in [0, 0.1) is 0 Å². The Balaban J connectivity index is 2.55. The molecule has 1 heterocycles. The standard InChI is InChI=1S/C19H21ClN2O/c1-5-13-7-8-15(12(3)4)16(9-13)14(6-2)19(23)17-10-18(20)22-11-21-17/h6-12H,5H2,1-4H3/b14-6+. The van der Waals surface area contributed by atoms with Crippen molar-refractivity contribution in [3.8, 4) is 0 Å². The molecule has 0 aliphatic heterocycles. The molecule has 0 N–H and O–H groups in total. The van der Waals surface area contributed by atoms with Crippen molar-refractivity contribution in [2.24, 2.45) is 0 Å². The first-order valence-electron chi connectivity index (χ1n) is 7.79. The molecule has 2 aromatic rings. The van der Waals surface area contributed by atoms with E-state index in [1.54, 1.807) is 0 Å². The summed E-state index contributed by atoms with van der Waals surface area (Å²) in [5.74, 6) is 0.194. The molecule has 0 unspecified atom stereocenters. The topological polar surface area (TPSA) is 42.9 Å². The number of aryl methyl sites for hydroxylation is 1. The maximum absolute atomic E-state index is 12.9. The molecule has 0 radical (unpaired) electrons. The van der Waals surface area contributed by atoms with Gasteiger partial charge in [0.15, 0.2) is 0 Å². The lowest BCUT2D eigenvalue weighted by molar-refractivity contribution is 0.105. The molecule has 0 saturated carbocycles. The Morgan fingerprint density at radius 3 is 2.57 bits per heavy atom. The highest BCUT2D eigenvalue weighted by molar-refractivity contribution is 6.32. The fraction of sp³-hybridized carbons (Fsp3) is 0.316. The van der Waals surface area contributed by atoms with Crippen LogP contribution >= 0.6 is 11.6 Å². The first-order chi connectivity index (χ1) is 11.0. The Hall–Kier alpha value is -2.00. The molecular formula is C19H21ClN2O. The van der Waals surface area contributed by atoms with Gasteiger partial charge >= 0.3 is 0 Å². The number of halogens is 1. The van der Waals surface area contributed by atoms with Crippen LogP contribution in [0.2, 0.25) is 5.15 Å². The van der Waals surface area contributed by atoms with Crippen molar-refractivity contribution in [2.45, 2.75) is 40.0 Å². The van der Waals surface area contributed by atoms with Crippen molar-refractivity contribution in [3.63, 3.8) is 0 Å². The van der Waals surface area contributed by atoms with Gasteiger partial charge in [-0.15, -0.1) is 0 Å². The van der Waals surface area contributed by atoms with Crippen LogP contribution in [-0.4, -0.2) is 15.8 Å². The molecule has 1 aromatic heterocycles. The second-order valence-corrected chi connectivity index (χ2v) is 6.07. The van der Waals surface area contributed by atoms with E-state index in [2.05, 4.69) is 48.9 Å². The molecule has 0 aliphatic rings. The lowest BCUT2D eigenvalue weighted by atomic mass is 9.88. The van der Waals surface area contributed by atoms with E-state index in [0.29, 0.717) is 17.2 Å². The molecule has 0 aliphatic carbocycles. The number of carbonyl (C=O) groups is 1. The second kappa shape index (κ2) is 7.51. The van der Waals surface area contributed by atoms with E-state index >= 15 is 0 Å². The Bertz CT molecular complexity index is 751. The first kappa shape index (κ1) is 17.4. The zero-order chi connectivity index (χ0) is 17.0. The summed E-state index contributed by atoms with van der Waals surface area (Å²) < 4.78 is 0. The molecule has 0 atom stereocenters. The molecule has 0 bridgehead atoms. The minimum Gasteiger partial charge on any atom is -0.287 e. The number of nitrogens with zero attached hydrogens (tertiary/aromatic N) is 2. The highest BCUT2D eigenvalue weighted by Crippen LogP contribution is 2.29. The van der Waals surface area contributed by atoms with Crippen molar-refractivity contribution in [1.82, 2.24) is 9.97 Å². The number of Topliss-reactive ketones (excluding diaryl/α,β-unsaturated/α-hetero) is 1. The Labute approximate surface area is 142 Å². The zero-order valence-electron chi connectivity index (χ0n) is 13.9. The summed E-state index contributed by atoms with van der Waals surface area (Å²) in [6, 6.07) is 7.85. The van der Waals surface area contributed by atoms with Gasteiger partial charge in [-0.25, -0.2) is 9.97 Å². The van der Waals surface area contributed by atoms with Crippen LogP contribution in [0.3, 0.4) is 0 Å². The number of rotatable bonds is 5. The molecule has 0 amide bonds. The summed E-state index contributed by atoms with van der Waals surface area (Å²) in [4.78, 5) is 20.8. The normalized spacial score (nSPS) is 11.8. The zero-order valence-corrected chi connectivity index (χ0v) is 14.7. The van der Waals surface area contributed by atoms with Crippen LogP contribution in [0.1, 0.15) is 60.8 Å². The van der Waals surface area contributed by atoms with E-state index in [4.69, 9.17) is 11.6 Å². The van der Waals surface area contributed by atoms with E-state index in [0.717, 1.165) is 17.5 Å². The van der Waals surface area contributed by atoms with Crippen LogP contribution < -0.4 is 0 Å². The number of hydrogen-bond acceptors (Lipinski definition) is 3. The lowest BCUT2D eigenvalue weighted by Crippen LogP contribution is -2.08. The quantitative estimate of drug-likeness (QED) is 0.435. The predicted molar refractivity (Wildman–Crippen MR) is 94.9 cm³/mol. The number of aromatic nitrogens is 2. The van der Waals surface area contributed by atoms with E-state index in [1.807, 2.05) is 13.0 Å². The third-order valence-electron chi connectivity index (χ3n) is 3.84. The third kappa shape index (κ3) is 3.85. The molecule has 1 aromatic carbocycles. The first-order valence-corrected chi connectivity index (χ1v) is 8.17. The highest BCUT2D eigenvalue weighted by Gasteiger charge is 2.19. The molecule has 2 rings (SSSR count). The van der Waals surface area contributed by atoms with Gasteiger partial charge in [0.1, 0.15) is 17.2 Å². The van der Waals surface area contributed by atoms with E-state index in [1.165, 1.54) is 18.0 Å². The molecule has 0 spiro atoms. The summed E-state index contributed by atoms with van der Waals surface area (Å²) >= 11 is 5.89. The average Bonchev–Trinajstić information content (AvgIpc) is 2.55. The van der Waals surface area contributed by atoms with Crippen LogP contribution in [0.15, 0.2) is 36.7 Å². The summed E-state index contributed by atoms with van der Waals surface area (Å²) in [7, 11) is 0. The second-order valence-electron chi connectivity index (χ2n) is 5.69. The van der Waals surface area contributed by atoms with E-state index in [-0.39, 0.29) is 10.9 Å². The molecule has 23 heavy (non-hydrogen) atoms. The summed E-state index contributed by atoms with van der Waals surface area (Å²) in [6.45, 7) is 8.24. The van der Waals surface area contributed by atoms with E-state index in [9.17, 15) is 4.79 Å². The fourth-order valence-electron chi connectivity index (χ4n) is 2.56. The van der Waals surface area contributed by atoms with Crippen LogP contribution in [0.4, 0.5) is 0 Å². The maximum Gasteiger partial charge on any atom is 0.211 e. The fourth-order valence-corrected chi connectivity index (χ4v) is 2.71. The van der Waals surface area contributed by atoms with Crippen LogP contribution in [-0.2, 0) is 6.42 Å². The number of ketones is 1. The van der Waals surface area contributed by atoms with Crippen molar-refractivity contribution in [3.05, 3.63) is 64.2 Å². The van der Waals surface area contributed by atoms with Gasteiger partial charge in [-0.05, 0) is 36.0 Å². The molecular weight excluding hydrogens is 308 g/mol. The average molecular weight is 329 g/mol. The maximum atomic E-state index is 12.9. The van der Waals surface area contributed by atoms with Crippen LogP contribution in [0.25, 0.3) is 5.57 Å². The van der Waals surface area contributed by atoms with Gasteiger partial charge in [-0.2, -0.15) is 0 Å². The number of allylic oxidation sites excluding steroid dienone is 2.